The van der Waals surface area contributed by atoms with Crippen LogP contribution in [-0.4, -0.2) is 71.3 Å². The molecule has 2 aromatic carbocycles. The van der Waals surface area contributed by atoms with Gasteiger partial charge >= 0.3 is 0 Å². The number of ether oxygens (including phenoxy) is 1. The molecule has 0 aliphatic carbocycles. The van der Waals surface area contributed by atoms with Crippen molar-refractivity contribution in [2.24, 2.45) is 0 Å². The summed E-state index contributed by atoms with van der Waals surface area (Å²) in [5.41, 5.74) is 1.56. The Morgan fingerprint density at radius 3 is 2.61 bits per heavy atom. The third-order valence-corrected chi connectivity index (χ3v) is 6.14. The molecule has 190 valence electrons. The summed E-state index contributed by atoms with van der Waals surface area (Å²) in [6, 6.07) is 11.9. The van der Waals surface area contributed by atoms with Crippen LogP contribution in [0.5, 0.6) is 0 Å². The molecule has 1 fully saturated rings. The highest BCUT2D eigenvalue weighted by molar-refractivity contribution is 6.04. The van der Waals surface area contributed by atoms with Crippen molar-refractivity contribution in [2.75, 3.05) is 39.2 Å². The molecular weight excluding hydrogens is 468 g/mol. The number of nitrogens with zero attached hydrogens (tertiary/aromatic N) is 4. The average Bonchev–Trinajstić information content (AvgIpc) is 3.46. The van der Waals surface area contributed by atoms with Gasteiger partial charge in [-0.25, -0.2) is 8.78 Å². The van der Waals surface area contributed by atoms with Gasteiger partial charge in [-0.2, -0.15) is 5.10 Å². The number of hydrogen-bond donors (Lipinski definition) is 1. The lowest BCUT2D eigenvalue weighted by Gasteiger charge is -2.24. The number of likely N-dealkylation sites (N-methyl/N-ethyl adjacent to an activating group) is 1. The predicted octanol–water partition coefficient (Wildman–Crippen LogP) is 3.33. The molecule has 0 radical (unpaired) electrons. The molecule has 8 nitrogen and oxygen atoms in total. The maximum Gasteiger partial charge on any atom is 0.255 e. The van der Waals surface area contributed by atoms with E-state index in [1.807, 2.05) is 6.07 Å². The molecule has 2 heterocycles. The van der Waals surface area contributed by atoms with Gasteiger partial charge in [0.1, 0.15) is 18.2 Å². The van der Waals surface area contributed by atoms with Crippen molar-refractivity contribution in [3.05, 3.63) is 83.7 Å². The highest BCUT2D eigenvalue weighted by atomic mass is 19.1. The summed E-state index contributed by atoms with van der Waals surface area (Å²) in [5.74, 6) is -1.32. The van der Waals surface area contributed by atoms with Crippen molar-refractivity contribution in [2.45, 2.75) is 25.0 Å². The Kier molecular flexibility index (Phi) is 8.07. The first-order valence-electron chi connectivity index (χ1n) is 11.7. The van der Waals surface area contributed by atoms with E-state index in [0.29, 0.717) is 31.8 Å². The number of amides is 2. The zero-order chi connectivity index (χ0) is 25.7. The molecule has 1 saturated heterocycles. The molecule has 0 saturated carbocycles. The maximum atomic E-state index is 13.7. The van der Waals surface area contributed by atoms with Crippen LogP contribution < -0.4 is 5.32 Å². The van der Waals surface area contributed by atoms with E-state index in [4.69, 9.17) is 4.74 Å². The van der Waals surface area contributed by atoms with Gasteiger partial charge in [-0.15, -0.1) is 0 Å². The number of carbonyl (C=O) groups excluding carboxylic acids is 2. The summed E-state index contributed by atoms with van der Waals surface area (Å²) in [4.78, 5) is 28.0. The van der Waals surface area contributed by atoms with Gasteiger partial charge in [0.15, 0.2) is 0 Å². The Hall–Kier alpha value is -3.63. The minimum Gasteiger partial charge on any atom is -0.370 e. The number of benzene rings is 2. The first-order valence-corrected chi connectivity index (χ1v) is 11.7. The number of anilines is 1. The molecule has 1 aromatic heterocycles. The topological polar surface area (TPSA) is 79.7 Å². The van der Waals surface area contributed by atoms with E-state index >= 15 is 0 Å². The van der Waals surface area contributed by atoms with E-state index in [1.54, 1.807) is 37.2 Å². The fourth-order valence-corrected chi connectivity index (χ4v) is 4.23. The van der Waals surface area contributed by atoms with Crippen molar-refractivity contribution in [3.63, 3.8) is 0 Å². The molecule has 3 aromatic rings. The molecule has 2 atom stereocenters. The van der Waals surface area contributed by atoms with Crippen molar-refractivity contribution in [1.29, 1.82) is 0 Å². The van der Waals surface area contributed by atoms with Crippen LogP contribution in [-0.2, 0) is 16.1 Å². The SMILES string of the molecule is CN(C)C(=O)COC[C@@H]1C[C@H](n2cc(NC(=O)c3cccc(F)c3)cn2)CN1Cc1cccc(F)c1. The molecule has 1 N–H and O–H groups in total. The maximum absolute atomic E-state index is 13.7. The first-order chi connectivity index (χ1) is 17.3. The third kappa shape index (κ3) is 6.52. The summed E-state index contributed by atoms with van der Waals surface area (Å²) < 4.78 is 34.7. The number of halogens is 2. The minimum atomic E-state index is -0.483. The lowest BCUT2D eigenvalue weighted by atomic mass is 10.1. The molecule has 1 aliphatic rings. The lowest BCUT2D eigenvalue weighted by molar-refractivity contribution is -0.134. The van der Waals surface area contributed by atoms with Gasteiger partial charge in [0.2, 0.25) is 5.91 Å². The Morgan fingerprint density at radius 1 is 1.14 bits per heavy atom. The van der Waals surface area contributed by atoms with Crippen LogP contribution in [0, 0.1) is 11.6 Å². The van der Waals surface area contributed by atoms with E-state index in [2.05, 4.69) is 15.3 Å². The van der Waals surface area contributed by atoms with Crippen LogP contribution >= 0.6 is 0 Å². The Balaban J connectivity index is 1.43. The van der Waals surface area contributed by atoms with Gasteiger partial charge in [0, 0.05) is 45.0 Å². The van der Waals surface area contributed by atoms with Gasteiger partial charge < -0.3 is 15.0 Å². The van der Waals surface area contributed by atoms with Crippen LogP contribution in [0.25, 0.3) is 0 Å². The van der Waals surface area contributed by atoms with Gasteiger partial charge in [0.25, 0.3) is 5.91 Å². The van der Waals surface area contributed by atoms with Crippen LogP contribution in [0.3, 0.4) is 0 Å². The summed E-state index contributed by atoms with van der Waals surface area (Å²) in [6.45, 7) is 1.48. The summed E-state index contributed by atoms with van der Waals surface area (Å²) in [6.07, 6.45) is 3.99. The van der Waals surface area contributed by atoms with Crippen LogP contribution in [0.15, 0.2) is 60.9 Å². The fraction of sp³-hybridized carbons (Fsp3) is 0.346. The molecule has 0 unspecified atom stereocenters. The van der Waals surface area contributed by atoms with Gasteiger partial charge in [-0.3, -0.25) is 19.2 Å². The van der Waals surface area contributed by atoms with Gasteiger partial charge in [-0.1, -0.05) is 18.2 Å². The second-order valence-corrected chi connectivity index (χ2v) is 9.08. The van der Waals surface area contributed by atoms with Crippen molar-refractivity contribution in [1.82, 2.24) is 19.6 Å². The molecule has 4 rings (SSSR count). The van der Waals surface area contributed by atoms with E-state index in [9.17, 15) is 18.4 Å². The molecule has 0 spiro atoms. The van der Waals surface area contributed by atoms with Gasteiger partial charge in [0.05, 0.1) is 24.5 Å². The van der Waals surface area contributed by atoms with E-state index in [0.717, 1.165) is 5.56 Å². The fourth-order valence-electron chi connectivity index (χ4n) is 4.23. The second-order valence-electron chi connectivity index (χ2n) is 9.08. The molecular formula is C26H29F2N5O3. The van der Waals surface area contributed by atoms with E-state index < -0.39 is 11.7 Å². The largest absolute Gasteiger partial charge is 0.370 e. The van der Waals surface area contributed by atoms with Crippen molar-refractivity contribution in [3.8, 4) is 0 Å². The average molecular weight is 498 g/mol. The Labute approximate surface area is 208 Å². The van der Waals surface area contributed by atoms with Crippen LogP contribution in [0.4, 0.5) is 14.5 Å². The zero-order valence-electron chi connectivity index (χ0n) is 20.2. The number of carbonyl (C=O) groups is 2. The first kappa shape index (κ1) is 25.5. The number of aromatic nitrogens is 2. The summed E-state index contributed by atoms with van der Waals surface area (Å²) >= 11 is 0. The standard InChI is InChI=1S/C26H29F2N5O3/c1-31(2)25(34)17-36-16-24-11-23(15-32(24)13-18-5-3-7-20(27)9-18)33-14-22(12-29-33)30-26(35)19-6-4-8-21(28)10-19/h3-10,12,14,23-24H,11,13,15-17H2,1-2H3,(H,30,35)/t23-,24-/m0/s1. The normalized spacial score (nSPS) is 17.8. The number of likely N-dealkylation sites (tertiary alicyclic amines) is 1. The summed E-state index contributed by atoms with van der Waals surface area (Å²) in [5, 5.41) is 7.17. The van der Waals surface area contributed by atoms with Crippen LogP contribution in [0.1, 0.15) is 28.4 Å². The Morgan fingerprint density at radius 2 is 1.89 bits per heavy atom. The molecule has 0 bridgehead atoms. The van der Waals surface area contributed by atoms with Crippen molar-refractivity contribution < 1.29 is 23.1 Å². The third-order valence-electron chi connectivity index (χ3n) is 6.14. The molecule has 36 heavy (non-hydrogen) atoms. The molecule has 10 heteroatoms. The number of hydrogen-bond acceptors (Lipinski definition) is 5. The molecule has 1 aliphatic heterocycles. The number of nitrogens with one attached hydrogen (secondary N) is 1. The van der Waals surface area contributed by atoms with Crippen molar-refractivity contribution >= 4 is 17.5 Å². The Bertz CT molecular complexity index is 1220. The summed E-state index contributed by atoms with van der Waals surface area (Å²) in [7, 11) is 3.35. The predicted molar refractivity (Wildman–Crippen MR) is 130 cm³/mol. The van der Waals surface area contributed by atoms with E-state index in [1.165, 1.54) is 41.3 Å². The second kappa shape index (κ2) is 11.4. The minimum absolute atomic E-state index is 0.0113. The van der Waals surface area contributed by atoms with E-state index in [-0.39, 0.29) is 36.0 Å². The highest BCUT2D eigenvalue weighted by Gasteiger charge is 2.34. The quantitative estimate of drug-likeness (QED) is 0.491. The monoisotopic (exact) mass is 497 g/mol. The van der Waals surface area contributed by atoms with Crippen LogP contribution in [0.2, 0.25) is 0 Å². The molecule has 2 amide bonds. The lowest BCUT2D eigenvalue weighted by Crippen LogP contribution is -2.34. The number of rotatable bonds is 9. The highest BCUT2D eigenvalue weighted by Crippen LogP contribution is 2.30. The zero-order valence-corrected chi connectivity index (χ0v) is 20.2. The van der Waals surface area contributed by atoms with Gasteiger partial charge in [-0.05, 0) is 42.3 Å². The smallest absolute Gasteiger partial charge is 0.255 e.